The third-order valence-electron chi connectivity index (χ3n) is 1.80. The highest BCUT2D eigenvalue weighted by Crippen LogP contribution is 2.01. The van der Waals surface area contributed by atoms with Gasteiger partial charge in [-0.25, -0.2) is 0 Å². The maximum Gasteiger partial charge on any atom is 0.119 e. The van der Waals surface area contributed by atoms with Gasteiger partial charge in [-0.3, -0.25) is 0 Å². The van der Waals surface area contributed by atoms with Crippen LogP contribution in [0.4, 0.5) is 0 Å². The van der Waals surface area contributed by atoms with Crippen LogP contribution < -0.4 is 0 Å². The summed E-state index contributed by atoms with van der Waals surface area (Å²) < 4.78 is 0. The molecule has 0 saturated carbocycles. The molecule has 74 valence electrons. The van der Waals surface area contributed by atoms with Gasteiger partial charge in [-0.05, 0) is 17.7 Å². The van der Waals surface area contributed by atoms with E-state index < -0.39 is 6.10 Å². The normalized spacial score (nSPS) is 10.7. The lowest BCUT2D eigenvalue weighted by Gasteiger charge is -1.99. The van der Waals surface area contributed by atoms with Gasteiger partial charge in [-0.15, -0.1) is 6.42 Å². The molecule has 0 heterocycles. The number of benzene rings is 1. The Balaban J connectivity index is 2.59. The van der Waals surface area contributed by atoms with Crippen LogP contribution in [0.5, 0.6) is 0 Å². The number of rotatable bonds is 2. The molecule has 1 rings (SSSR count). The van der Waals surface area contributed by atoms with Crippen molar-refractivity contribution in [2.45, 2.75) is 12.5 Å². The molecule has 0 bridgehead atoms. The van der Waals surface area contributed by atoms with Crippen LogP contribution in [0.1, 0.15) is 12.0 Å². The fraction of sp³-hybridized carbons (Fsp3) is 0.143. The summed E-state index contributed by atoms with van der Waals surface area (Å²) in [4.78, 5) is 0. The summed E-state index contributed by atoms with van der Waals surface area (Å²) in [5, 5.41) is 9.48. The van der Waals surface area contributed by atoms with E-state index in [2.05, 4.69) is 24.3 Å². The van der Waals surface area contributed by atoms with Gasteiger partial charge >= 0.3 is 0 Å². The van der Waals surface area contributed by atoms with E-state index in [9.17, 15) is 5.11 Å². The molecule has 1 aromatic carbocycles. The molecule has 15 heavy (non-hydrogen) atoms. The molecule has 1 N–H and O–H groups in total. The van der Waals surface area contributed by atoms with Crippen LogP contribution in [0.2, 0.25) is 0 Å². The van der Waals surface area contributed by atoms with Crippen LogP contribution in [-0.4, -0.2) is 11.2 Å². The van der Waals surface area contributed by atoms with Crippen molar-refractivity contribution in [2.24, 2.45) is 0 Å². The summed E-state index contributed by atoms with van der Waals surface area (Å²) in [5.41, 5.74) is 1.44. The van der Waals surface area contributed by atoms with E-state index in [1.807, 2.05) is 30.3 Å². The molecular weight excluding hydrogens is 184 g/mol. The van der Waals surface area contributed by atoms with Gasteiger partial charge in [0.05, 0.1) is 0 Å². The lowest BCUT2D eigenvalue weighted by Crippen LogP contribution is -2.03. The maximum atomic E-state index is 9.48. The quantitative estimate of drug-likeness (QED) is 0.717. The van der Waals surface area contributed by atoms with Crippen LogP contribution in [0.15, 0.2) is 42.5 Å². The van der Waals surface area contributed by atoms with E-state index in [1.165, 1.54) is 0 Å². The second-order valence-electron chi connectivity index (χ2n) is 3.10. The molecule has 0 unspecified atom stereocenters. The summed E-state index contributed by atoms with van der Waals surface area (Å²) in [6.45, 7) is 3.60. The van der Waals surface area contributed by atoms with Gasteiger partial charge in [0.15, 0.2) is 0 Å². The Bertz CT molecular complexity index is 426. The Morgan fingerprint density at radius 3 is 2.67 bits per heavy atom. The minimum Gasteiger partial charge on any atom is -0.380 e. The van der Waals surface area contributed by atoms with Crippen molar-refractivity contribution in [1.82, 2.24) is 0 Å². The van der Waals surface area contributed by atoms with Crippen molar-refractivity contribution in [3.8, 4) is 24.2 Å². The smallest absolute Gasteiger partial charge is 0.119 e. The summed E-state index contributed by atoms with van der Waals surface area (Å²) >= 11 is 0. The van der Waals surface area contributed by atoms with Crippen LogP contribution >= 0.6 is 0 Å². The van der Waals surface area contributed by atoms with Crippen molar-refractivity contribution in [2.75, 3.05) is 0 Å². The zero-order valence-corrected chi connectivity index (χ0v) is 8.40. The first-order valence-corrected chi connectivity index (χ1v) is 4.61. The molecule has 1 heteroatoms. The zero-order valence-electron chi connectivity index (χ0n) is 8.40. The lowest BCUT2D eigenvalue weighted by atomic mass is 10.1. The Labute approximate surface area is 90.5 Å². The van der Waals surface area contributed by atoms with Crippen LogP contribution in [0.25, 0.3) is 0 Å². The summed E-state index contributed by atoms with van der Waals surface area (Å²) in [6, 6.07) is 9.49. The van der Waals surface area contributed by atoms with Gasteiger partial charge in [0, 0.05) is 12.0 Å². The lowest BCUT2D eigenvalue weighted by molar-refractivity contribution is 0.234. The summed E-state index contributed by atoms with van der Waals surface area (Å²) in [6.07, 6.45) is 4.71. The highest BCUT2D eigenvalue weighted by atomic mass is 16.3. The largest absolute Gasteiger partial charge is 0.380 e. The molecule has 0 aliphatic carbocycles. The first-order valence-electron chi connectivity index (χ1n) is 4.61. The number of hydrogen-bond acceptors (Lipinski definition) is 1. The fourth-order valence-electron chi connectivity index (χ4n) is 1.03. The maximum absolute atomic E-state index is 9.48. The van der Waals surface area contributed by atoms with E-state index in [0.717, 1.165) is 5.56 Å². The highest BCUT2D eigenvalue weighted by molar-refractivity contribution is 5.35. The van der Waals surface area contributed by atoms with Gasteiger partial charge in [0.25, 0.3) is 0 Å². The summed E-state index contributed by atoms with van der Waals surface area (Å²) in [5.74, 6) is 7.95. The van der Waals surface area contributed by atoms with Crippen molar-refractivity contribution < 1.29 is 5.11 Å². The van der Waals surface area contributed by atoms with Gasteiger partial charge in [-0.1, -0.05) is 42.5 Å². The van der Waals surface area contributed by atoms with Crippen molar-refractivity contribution in [1.29, 1.82) is 0 Å². The molecule has 0 spiro atoms. The predicted molar refractivity (Wildman–Crippen MR) is 61.9 cm³/mol. The van der Waals surface area contributed by atoms with Gasteiger partial charge in [0.2, 0.25) is 0 Å². The topological polar surface area (TPSA) is 20.2 Å². The minimum absolute atomic E-state index is 0.330. The van der Waals surface area contributed by atoms with E-state index >= 15 is 0 Å². The van der Waals surface area contributed by atoms with Crippen LogP contribution in [0.3, 0.4) is 0 Å². The summed E-state index contributed by atoms with van der Waals surface area (Å²) in [7, 11) is 0. The fourth-order valence-corrected chi connectivity index (χ4v) is 1.03. The number of terminal acetylenes is 1. The van der Waals surface area contributed by atoms with E-state index in [4.69, 9.17) is 6.42 Å². The minimum atomic E-state index is -0.742. The van der Waals surface area contributed by atoms with Crippen molar-refractivity contribution in [3.63, 3.8) is 0 Å². The zero-order chi connectivity index (χ0) is 11.1. The van der Waals surface area contributed by atoms with Crippen LogP contribution in [0, 0.1) is 24.2 Å². The monoisotopic (exact) mass is 196 g/mol. The van der Waals surface area contributed by atoms with Crippen LogP contribution in [-0.2, 0) is 0 Å². The SMILES string of the molecule is C#CC(=C)C[C@H](O)C#Cc1ccccc1. The van der Waals surface area contributed by atoms with Gasteiger partial charge in [0.1, 0.15) is 6.10 Å². The predicted octanol–water partition coefficient (Wildman–Crippen LogP) is 1.98. The second kappa shape index (κ2) is 5.70. The second-order valence-corrected chi connectivity index (χ2v) is 3.10. The number of aliphatic hydroxyl groups excluding tert-OH is 1. The standard InChI is InChI=1S/C14H12O/c1-3-12(2)11-14(15)10-9-13-7-5-4-6-8-13/h1,4-8,14-15H,2,11H2/t14-/m1/s1. The average Bonchev–Trinajstić information content (AvgIpc) is 2.27. The molecule has 0 aliphatic rings. The Kier molecular flexibility index (Phi) is 4.23. The third-order valence-corrected chi connectivity index (χ3v) is 1.80. The highest BCUT2D eigenvalue weighted by Gasteiger charge is 1.99. The van der Waals surface area contributed by atoms with E-state index in [0.29, 0.717) is 12.0 Å². The average molecular weight is 196 g/mol. The Morgan fingerprint density at radius 1 is 1.40 bits per heavy atom. The molecular formula is C14H12O. The van der Waals surface area contributed by atoms with Crippen molar-refractivity contribution in [3.05, 3.63) is 48.0 Å². The molecule has 1 nitrogen and oxygen atoms in total. The van der Waals surface area contributed by atoms with E-state index in [1.54, 1.807) is 0 Å². The molecule has 0 fully saturated rings. The van der Waals surface area contributed by atoms with Gasteiger partial charge in [-0.2, -0.15) is 0 Å². The third kappa shape index (κ3) is 4.18. The molecule has 1 atom stereocenters. The van der Waals surface area contributed by atoms with Crippen molar-refractivity contribution >= 4 is 0 Å². The molecule has 0 saturated heterocycles. The van der Waals surface area contributed by atoms with Gasteiger partial charge < -0.3 is 5.11 Å². The Morgan fingerprint density at radius 2 is 2.07 bits per heavy atom. The molecule has 0 aromatic heterocycles. The molecule has 0 amide bonds. The first-order chi connectivity index (χ1) is 7.22. The first kappa shape index (κ1) is 11.1. The number of hydrogen-bond donors (Lipinski definition) is 1. The molecule has 0 aliphatic heterocycles. The number of aliphatic hydroxyl groups is 1. The molecule has 1 aromatic rings. The molecule has 0 radical (unpaired) electrons. The van der Waals surface area contributed by atoms with E-state index in [-0.39, 0.29) is 0 Å². The Hall–Kier alpha value is -1.96.